The first-order valence-electron chi connectivity index (χ1n) is 11.0. The highest BCUT2D eigenvalue weighted by Gasteiger charge is 2.34. The summed E-state index contributed by atoms with van der Waals surface area (Å²) in [4.78, 5) is 0. The Hall–Kier alpha value is -2.10. The third-order valence-electron chi connectivity index (χ3n) is 6.72. The number of unbranched alkanes of at least 4 members (excludes halogenated alkanes) is 1. The zero-order chi connectivity index (χ0) is 21.3. The molecule has 0 aliphatic heterocycles. The lowest BCUT2D eigenvalue weighted by Crippen LogP contribution is -2.20. The van der Waals surface area contributed by atoms with E-state index < -0.39 is 17.6 Å². The average molecular weight is 417 g/mol. The van der Waals surface area contributed by atoms with Crippen LogP contribution in [0.25, 0.3) is 0 Å². The van der Waals surface area contributed by atoms with Crippen molar-refractivity contribution in [1.29, 1.82) is 0 Å². The predicted molar refractivity (Wildman–Crippen MR) is 112 cm³/mol. The fourth-order valence-corrected chi connectivity index (χ4v) is 5.12. The summed E-state index contributed by atoms with van der Waals surface area (Å²) in [6.07, 6.45) is 8.26. The molecule has 2 unspecified atom stereocenters. The molecule has 4 heteroatoms. The van der Waals surface area contributed by atoms with E-state index in [2.05, 4.69) is 31.2 Å². The Balaban J connectivity index is 1.52. The van der Waals surface area contributed by atoms with Crippen molar-refractivity contribution >= 4 is 0 Å². The van der Waals surface area contributed by atoms with Gasteiger partial charge >= 0.3 is 6.18 Å². The first-order chi connectivity index (χ1) is 14.4. The third-order valence-corrected chi connectivity index (χ3v) is 6.72. The second-order valence-corrected chi connectivity index (χ2v) is 8.74. The quantitative estimate of drug-likeness (QED) is 0.356. The molecular weight excluding hydrogens is 388 g/mol. The number of halogens is 4. The number of benzene rings is 2. The molecule has 30 heavy (non-hydrogen) atoms. The topological polar surface area (TPSA) is 0 Å². The van der Waals surface area contributed by atoms with E-state index in [1.807, 2.05) is 0 Å². The van der Waals surface area contributed by atoms with Crippen LogP contribution in [0.1, 0.15) is 71.9 Å². The maximum absolute atomic E-state index is 14.0. The maximum Gasteiger partial charge on any atom is 0.419 e. The van der Waals surface area contributed by atoms with Gasteiger partial charge in [0, 0.05) is 0 Å². The minimum Gasteiger partial charge on any atom is -0.206 e. The average Bonchev–Trinajstić information content (AvgIpc) is 2.72. The Morgan fingerprint density at radius 1 is 0.967 bits per heavy atom. The van der Waals surface area contributed by atoms with Gasteiger partial charge in [-0.15, -0.1) is 0 Å². The van der Waals surface area contributed by atoms with Gasteiger partial charge in [-0.3, -0.25) is 0 Å². The van der Waals surface area contributed by atoms with Crippen molar-refractivity contribution in [3.8, 4) is 0 Å². The van der Waals surface area contributed by atoms with E-state index in [-0.39, 0.29) is 5.92 Å². The lowest BCUT2D eigenvalue weighted by molar-refractivity contribution is -0.140. The lowest BCUT2D eigenvalue weighted by Gasteiger charge is -2.31. The van der Waals surface area contributed by atoms with E-state index in [9.17, 15) is 17.6 Å². The Morgan fingerprint density at radius 3 is 2.33 bits per heavy atom. The van der Waals surface area contributed by atoms with Crippen molar-refractivity contribution in [3.05, 3.63) is 81.7 Å². The van der Waals surface area contributed by atoms with Crippen LogP contribution in [-0.2, 0) is 31.9 Å². The van der Waals surface area contributed by atoms with Gasteiger partial charge in [0.15, 0.2) is 0 Å². The van der Waals surface area contributed by atoms with E-state index >= 15 is 0 Å². The van der Waals surface area contributed by atoms with Crippen LogP contribution in [0.15, 0.2) is 42.5 Å². The summed E-state index contributed by atoms with van der Waals surface area (Å²) >= 11 is 0. The molecule has 160 valence electrons. The fraction of sp³-hybridized carbons (Fsp3) is 0.462. The van der Waals surface area contributed by atoms with E-state index in [1.54, 1.807) is 0 Å². The SMILES string of the molecule is CCC/C=C/C1CCc2c(ccc3c2CCC(c2ccc(C(F)(F)F)c(F)c2)C3)C1. The molecule has 0 radical (unpaired) electrons. The summed E-state index contributed by atoms with van der Waals surface area (Å²) in [6, 6.07) is 7.86. The van der Waals surface area contributed by atoms with Gasteiger partial charge in [-0.2, -0.15) is 13.2 Å². The zero-order valence-electron chi connectivity index (χ0n) is 17.4. The largest absolute Gasteiger partial charge is 0.419 e. The second kappa shape index (κ2) is 8.56. The molecule has 2 aliphatic carbocycles. The molecule has 4 rings (SSSR count). The molecule has 0 bridgehead atoms. The van der Waals surface area contributed by atoms with E-state index in [0.717, 1.165) is 50.7 Å². The molecule has 0 amide bonds. The van der Waals surface area contributed by atoms with Crippen LogP contribution >= 0.6 is 0 Å². The Bertz CT molecular complexity index is 939. The van der Waals surface area contributed by atoms with Crippen LogP contribution in [-0.4, -0.2) is 0 Å². The zero-order valence-corrected chi connectivity index (χ0v) is 17.4. The molecule has 0 saturated heterocycles. The lowest BCUT2D eigenvalue weighted by atomic mass is 9.73. The molecule has 0 saturated carbocycles. The molecule has 0 N–H and O–H groups in total. The minimum atomic E-state index is -4.65. The monoisotopic (exact) mass is 416 g/mol. The number of hydrogen-bond donors (Lipinski definition) is 0. The predicted octanol–water partition coefficient (Wildman–Crippen LogP) is 7.58. The van der Waals surface area contributed by atoms with Crippen LogP contribution < -0.4 is 0 Å². The van der Waals surface area contributed by atoms with Crippen molar-refractivity contribution in [1.82, 2.24) is 0 Å². The number of fused-ring (bicyclic) bond motifs is 3. The summed E-state index contributed by atoms with van der Waals surface area (Å²) in [6.45, 7) is 2.19. The summed E-state index contributed by atoms with van der Waals surface area (Å²) in [7, 11) is 0. The normalized spacial score (nSPS) is 21.5. The third kappa shape index (κ3) is 4.33. The van der Waals surface area contributed by atoms with Crippen LogP contribution in [0.5, 0.6) is 0 Å². The van der Waals surface area contributed by atoms with Gasteiger partial charge in [0.1, 0.15) is 5.82 Å². The van der Waals surface area contributed by atoms with Crippen molar-refractivity contribution in [2.24, 2.45) is 5.92 Å². The van der Waals surface area contributed by atoms with Gasteiger partial charge in [0.2, 0.25) is 0 Å². The molecule has 0 heterocycles. The summed E-state index contributed by atoms with van der Waals surface area (Å²) in [5, 5.41) is 0. The van der Waals surface area contributed by atoms with Crippen molar-refractivity contribution in [3.63, 3.8) is 0 Å². The Kier molecular flexibility index (Phi) is 6.04. The molecule has 2 aromatic carbocycles. The van der Waals surface area contributed by atoms with Gasteiger partial charge in [0.25, 0.3) is 0 Å². The Morgan fingerprint density at radius 2 is 1.67 bits per heavy atom. The molecule has 0 aromatic heterocycles. The van der Waals surface area contributed by atoms with E-state index in [4.69, 9.17) is 0 Å². The van der Waals surface area contributed by atoms with Crippen molar-refractivity contribution in [2.75, 3.05) is 0 Å². The van der Waals surface area contributed by atoms with Gasteiger partial charge in [0.05, 0.1) is 5.56 Å². The van der Waals surface area contributed by atoms with Crippen molar-refractivity contribution < 1.29 is 17.6 Å². The van der Waals surface area contributed by atoms with Gasteiger partial charge in [-0.05, 0) is 96.7 Å². The summed E-state index contributed by atoms with van der Waals surface area (Å²) in [5.74, 6) is -0.479. The number of alkyl halides is 3. The molecule has 0 fully saturated rings. The maximum atomic E-state index is 14.0. The highest BCUT2D eigenvalue weighted by Crippen LogP contribution is 2.40. The molecular formula is C26H28F4. The second-order valence-electron chi connectivity index (χ2n) is 8.74. The van der Waals surface area contributed by atoms with Gasteiger partial charge in [-0.25, -0.2) is 4.39 Å². The van der Waals surface area contributed by atoms with Crippen LogP contribution in [0.4, 0.5) is 17.6 Å². The smallest absolute Gasteiger partial charge is 0.206 e. The highest BCUT2D eigenvalue weighted by atomic mass is 19.4. The van der Waals surface area contributed by atoms with Gasteiger partial charge in [-0.1, -0.05) is 43.7 Å². The summed E-state index contributed by atoms with van der Waals surface area (Å²) in [5.41, 5.74) is 5.15. The molecule has 0 spiro atoms. The standard InChI is InChI=1S/C26H28F4/c1-2-3-4-5-17-6-11-22-20(14-17)7-8-21-15-18(9-12-23(21)22)19-10-13-24(25(27)16-19)26(28,29)30/h4-5,7-8,10,13,16-18H,2-3,6,9,11-12,14-15H2,1H3/b5-4+. The number of rotatable bonds is 4. The molecule has 0 nitrogen and oxygen atoms in total. The molecule has 2 aromatic rings. The minimum absolute atomic E-state index is 0.0700. The van der Waals surface area contributed by atoms with E-state index in [1.165, 1.54) is 41.2 Å². The van der Waals surface area contributed by atoms with E-state index in [0.29, 0.717) is 11.5 Å². The first-order valence-corrected chi connectivity index (χ1v) is 11.0. The highest BCUT2D eigenvalue weighted by molar-refractivity contribution is 5.46. The van der Waals surface area contributed by atoms with Crippen LogP contribution in [0.2, 0.25) is 0 Å². The molecule has 2 atom stereocenters. The fourth-order valence-electron chi connectivity index (χ4n) is 5.12. The summed E-state index contributed by atoms with van der Waals surface area (Å²) < 4.78 is 52.6. The number of allylic oxidation sites excluding steroid dienone is 2. The van der Waals surface area contributed by atoms with Gasteiger partial charge < -0.3 is 0 Å². The first kappa shape index (κ1) is 21.1. The van der Waals surface area contributed by atoms with Crippen LogP contribution in [0.3, 0.4) is 0 Å². The van der Waals surface area contributed by atoms with Crippen molar-refractivity contribution in [2.45, 2.75) is 70.4 Å². The number of hydrogen-bond acceptors (Lipinski definition) is 0. The van der Waals surface area contributed by atoms with Crippen LogP contribution in [0, 0.1) is 11.7 Å². The Labute approximate surface area is 176 Å². The molecule has 2 aliphatic rings.